The monoisotopic (exact) mass is 295 g/mol. The van der Waals surface area contributed by atoms with E-state index in [-0.39, 0.29) is 6.04 Å². The van der Waals surface area contributed by atoms with E-state index >= 15 is 0 Å². The number of para-hydroxylation sites is 2. The van der Waals surface area contributed by atoms with Crippen molar-refractivity contribution in [1.82, 2.24) is 0 Å². The highest BCUT2D eigenvalue weighted by Gasteiger charge is 2.11. The maximum atomic E-state index is 5.50. The summed E-state index contributed by atoms with van der Waals surface area (Å²) in [6.45, 7) is 2.04. The van der Waals surface area contributed by atoms with Gasteiger partial charge in [-0.05, 0) is 47.1 Å². The summed E-state index contributed by atoms with van der Waals surface area (Å²) in [5.41, 5.74) is 0.954. The fourth-order valence-corrected chi connectivity index (χ4v) is 1.95. The molecule has 0 aliphatic carbocycles. The molecule has 1 heterocycles. The van der Waals surface area contributed by atoms with E-state index in [2.05, 4.69) is 21.2 Å². The van der Waals surface area contributed by atoms with Gasteiger partial charge >= 0.3 is 0 Å². The zero-order chi connectivity index (χ0) is 12.3. The molecule has 90 valence electrons. The summed E-state index contributed by atoms with van der Waals surface area (Å²) in [6.07, 6.45) is 0. The minimum atomic E-state index is 0.0811. The molecule has 0 aliphatic heterocycles. The van der Waals surface area contributed by atoms with Crippen LogP contribution in [0.15, 0.2) is 45.5 Å². The number of benzene rings is 1. The first-order chi connectivity index (χ1) is 8.20. The number of methoxy groups -OCH3 is 1. The van der Waals surface area contributed by atoms with Crippen molar-refractivity contribution in [2.75, 3.05) is 12.4 Å². The average molecular weight is 296 g/mol. The second-order valence-electron chi connectivity index (χ2n) is 3.71. The van der Waals surface area contributed by atoms with Gasteiger partial charge in [0, 0.05) is 0 Å². The van der Waals surface area contributed by atoms with Crippen LogP contribution in [0.2, 0.25) is 0 Å². The number of rotatable bonds is 4. The Kier molecular flexibility index (Phi) is 3.74. The molecule has 0 spiro atoms. The van der Waals surface area contributed by atoms with E-state index in [1.165, 1.54) is 0 Å². The number of hydrogen-bond donors (Lipinski definition) is 1. The van der Waals surface area contributed by atoms with E-state index in [9.17, 15) is 0 Å². The lowest BCUT2D eigenvalue weighted by atomic mass is 10.2. The van der Waals surface area contributed by atoms with Crippen molar-refractivity contribution in [3.05, 3.63) is 46.8 Å². The molecule has 0 bridgehead atoms. The second-order valence-corrected chi connectivity index (χ2v) is 4.49. The molecule has 2 aromatic rings. The Morgan fingerprint density at radius 2 is 2.00 bits per heavy atom. The van der Waals surface area contributed by atoms with Gasteiger partial charge in [0.05, 0.1) is 18.8 Å². The van der Waals surface area contributed by atoms with Crippen LogP contribution in [0.5, 0.6) is 5.75 Å². The van der Waals surface area contributed by atoms with Gasteiger partial charge in [0.2, 0.25) is 0 Å². The minimum absolute atomic E-state index is 0.0811. The minimum Gasteiger partial charge on any atom is -0.495 e. The predicted molar refractivity (Wildman–Crippen MR) is 71.4 cm³/mol. The quantitative estimate of drug-likeness (QED) is 0.917. The molecule has 3 nitrogen and oxygen atoms in total. The Labute approximate surface area is 109 Å². The van der Waals surface area contributed by atoms with Gasteiger partial charge in [0.1, 0.15) is 11.5 Å². The molecule has 0 saturated heterocycles. The van der Waals surface area contributed by atoms with Crippen LogP contribution >= 0.6 is 15.9 Å². The lowest BCUT2D eigenvalue weighted by molar-refractivity contribution is 0.415. The zero-order valence-electron chi connectivity index (χ0n) is 9.74. The summed E-state index contributed by atoms with van der Waals surface area (Å²) in [5, 5.41) is 3.35. The van der Waals surface area contributed by atoms with Gasteiger partial charge in [-0.15, -0.1) is 0 Å². The van der Waals surface area contributed by atoms with Gasteiger partial charge in [-0.3, -0.25) is 0 Å². The first kappa shape index (κ1) is 12.0. The van der Waals surface area contributed by atoms with Crippen LogP contribution in [0, 0.1) is 0 Å². The van der Waals surface area contributed by atoms with Crippen molar-refractivity contribution in [2.24, 2.45) is 0 Å². The van der Waals surface area contributed by atoms with Gasteiger partial charge in [0.25, 0.3) is 0 Å². The van der Waals surface area contributed by atoms with Crippen molar-refractivity contribution in [3.8, 4) is 5.75 Å². The normalized spacial score (nSPS) is 12.2. The van der Waals surface area contributed by atoms with Crippen LogP contribution in [0.4, 0.5) is 5.69 Å². The number of nitrogens with one attached hydrogen (secondary N) is 1. The van der Waals surface area contributed by atoms with Crippen LogP contribution in [-0.4, -0.2) is 7.11 Å². The van der Waals surface area contributed by atoms with Crippen molar-refractivity contribution < 1.29 is 9.15 Å². The van der Waals surface area contributed by atoms with E-state index in [0.717, 1.165) is 21.9 Å². The number of anilines is 1. The maximum Gasteiger partial charge on any atom is 0.169 e. The summed E-state index contributed by atoms with van der Waals surface area (Å²) >= 11 is 3.29. The molecule has 4 heteroatoms. The first-order valence-electron chi connectivity index (χ1n) is 5.35. The predicted octanol–water partition coefficient (Wildman–Crippen LogP) is 4.22. The van der Waals surface area contributed by atoms with E-state index in [0.29, 0.717) is 0 Å². The summed E-state index contributed by atoms with van der Waals surface area (Å²) < 4.78 is 11.5. The van der Waals surface area contributed by atoms with E-state index in [1.54, 1.807) is 7.11 Å². The average Bonchev–Trinajstić information content (AvgIpc) is 2.77. The zero-order valence-corrected chi connectivity index (χ0v) is 11.3. The Morgan fingerprint density at radius 3 is 2.65 bits per heavy atom. The van der Waals surface area contributed by atoms with E-state index in [4.69, 9.17) is 9.15 Å². The molecule has 1 atom stereocenters. The van der Waals surface area contributed by atoms with Crippen LogP contribution in [0.25, 0.3) is 0 Å². The molecule has 1 N–H and O–H groups in total. The number of halogens is 1. The Balaban J connectivity index is 2.15. The van der Waals surface area contributed by atoms with Crippen molar-refractivity contribution in [1.29, 1.82) is 0 Å². The van der Waals surface area contributed by atoms with Crippen LogP contribution in [0.3, 0.4) is 0 Å². The molecule has 2 rings (SSSR count). The fraction of sp³-hybridized carbons (Fsp3) is 0.231. The summed E-state index contributed by atoms with van der Waals surface area (Å²) in [4.78, 5) is 0. The molecular formula is C13H14BrNO2. The lowest BCUT2D eigenvalue weighted by Crippen LogP contribution is -2.06. The molecule has 0 radical (unpaired) electrons. The Morgan fingerprint density at radius 1 is 1.24 bits per heavy atom. The molecular weight excluding hydrogens is 282 g/mol. The molecule has 1 aromatic heterocycles. The van der Waals surface area contributed by atoms with Crippen LogP contribution in [0.1, 0.15) is 18.7 Å². The smallest absolute Gasteiger partial charge is 0.169 e. The molecule has 0 saturated carbocycles. The number of hydrogen-bond acceptors (Lipinski definition) is 3. The van der Waals surface area contributed by atoms with Gasteiger partial charge in [-0.25, -0.2) is 0 Å². The van der Waals surface area contributed by atoms with Gasteiger partial charge in [0.15, 0.2) is 4.67 Å². The summed E-state index contributed by atoms with van der Waals surface area (Å²) in [5.74, 6) is 1.70. The molecule has 1 aromatic carbocycles. The highest BCUT2D eigenvalue weighted by atomic mass is 79.9. The van der Waals surface area contributed by atoms with Gasteiger partial charge in [-0.1, -0.05) is 12.1 Å². The van der Waals surface area contributed by atoms with E-state index in [1.807, 2.05) is 43.3 Å². The highest BCUT2D eigenvalue weighted by Crippen LogP contribution is 2.29. The highest BCUT2D eigenvalue weighted by molar-refractivity contribution is 9.10. The first-order valence-corrected chi connectivity index (χ1v) is 6.15. The van der Waals surface area contributed by atoms with E-state index < -0.39 is 0 Å². The molecule has 0 amide bonds. The van der Waals surface area contributed by atoms with Crippen LogP contribution < -0.4 is 10.1 Å². The van der Waals surface area contributed by atoms with Crippen molar-refractivity contribution in [3.63, 3.8) is 0 Å². The molecule has 0 aliphatic rings. The summed E-state index contributed by atoms with van der Waals surface area (Å²) in [6, 6.07) is 11.7. The summed E-state index contributed by atoms with van der Waals surface area (Å²) in [7, 11) is 1.66. The van der Waals surface area contributed by atoms with Crippen molar-refractivity contribution >= 4 is 21.6 Å². The maximum absolute atomic E-state index is 5.50. The van der Waals surface area contributed by atoms with Crippen LogP contribution in [-0.2, 0) is 0 Å². The molecule has 0 fully saturated rings. The third-order valence-corrected chi connectivity index (χ3v) is 2.93. The second kappa shape index (κ2) is 5.27. The SMILES string of the molecule is COc1ccccc1NC(C)c1ccc(Br)o1. The topological polar surface area (TPSA) is 34.4 Å². The van der Waals surface area contributed by atoms with Gasteiger partial charge < -0.3 is 14.5 Å². The largest absolute Gasteiger partial charge is 0.495 e. The fourth-order valence-electron chi connectivity index (χ4n) is 1.63. The standard InChI is InChI=1S/C13H14BrNO2/c1-9(11-7-8-13(14)17-11)15-10-5-3-4-6-12(10)16-2/h3-9,15H,1-2H3. The Hall–Kier alpha value is -1.42. The third kappa shape index (κ3) is 2.82. The number of ether oxygens (including phenoxy) is 1. The third-order valence-electron chi connectivity index (χ3n) is 2.50. The number of furan rings is 1. The molecule has 17 heavy (non-hydrogen) atoms. The van der Waals surface area contributed by atoms with Crippen molar-refractivity contribution in [2.45, 2.75) is 13.0 Å². The molecule has 1 unspecified atom stereocenters. The van der Waals surface area contributed by atoms with Gasteiger partial charge in [-0.2, -0.15) is 0 Å². The lowest BCUT2D eigenvalue weighted by Gasteiger charge is -2.15. The Bertz CT molecular complexity index is 496.